The molecule has 0 saturated heterocycles. The summed E-state index contributed by atoms with van der Waals surface area (Å²) in [7, 11) is 0. The second kappa shape index (κ2) is 5.53. The Bertz CT molecular complexity index is 485. The van der Waals surface area contributed by atoms with E-state index in [4.69, 9.17) is 4.74 Å². The minimum absolute atomic E-state index is 0.0847. The fraction of sp³-hybridized carbons (Fsp3) is 0.462. The van der Waals surface area contributed by atoms with Crippen LogP contribution in [-0.4, -0.2) is 23.4 Å². The molecule has 1 unspecified atom stereocenters. The van der Waals surface area contributed by atoms with Gasteiger partial charge in [-0.3, -0.25) is 4.79 Å². The molecule has 0 aliphatic heterocycles. The van der Waals surface area contributed by atoms with Crippen LogP contribution < -0.4 is 4.74 Å². The number of aryl methyl sites for hydroxylation is 1. The molecule has 0 radical (unpaired) electrons. The Hall–Kier alpha value is -1.04. The van der Waals surface area contributed by atoms with Crippen molar-refractivity contribution in [3.8, 4) is 5.75 Å². The number of rotatable bonds is 3. The molecule has 1 aliphatic carbocycles. The molecular weight excluding hydrogens is 325 g/mol. The number of carbonyl (C=O) groups excluding carboxylic acids is 1. The maximum absolute atomic E-state index is 12.3. The average Bonchev–Trinajstić information content (AvgIpc) is 2.35. The Kier molecular flexibility index (Phi) is 4.18. The smallest absolute Gasteiger partial charge is 0.404 e. The first kappa shape index (κ1) is 14.4. The van der Waals surface area contributed by atoms with E-state index in [0.29, 0.717) is 17.7 Å². The maximum atomic E-state index is 12.3. The minimum Gasteiger partial charge on any atom is -0.492 e. The van der Waals surface area contributed by atoms with E-state index in [9.17, 15) is 18.0 Å². The van der Waals surface area contributed by atoms with Gasteiger partial charge in [0.2, 0.25) is 0 Å². The lowest BCUT2D eigenvalue weighted by Gasteiger charge is -2.18. The van der Waals surface area contributed by atoms with Gasteiger partial charge in [0.15, 0.2) is 5.78 Å². The highest BCUT2D eigenvalue weighted by atomic mass is 79.9. The SMILES string of the molecule is O=C1CCCc2cc(OCC(Br)C(F)(F)F)ccc21. The Labute approximate surface area is 117 Å². The number of hydrogen-bond acceptors (Lipinski definition) is 2. The van der Waals surface area contributed by atoms with Crippen molar-refractivity contribution in [2.75, 3.05) is 6.61 Å². The summed E-state index contributed by atoms with van der Waals surface area (Å²) in [5.74, 6) is 0.448. The van der Waals surface area contributed by atoms with Crippen LogP contribution >= 0.6 is 15.9 Å². The monoisotopic (exact) mass is 336 g/mol. The highest BCUT2D eigenvalue weighted by Crippen LogP contribution is 2.29. The first-order valence-corrected chi connectivity index (χ1v) is 6.79. The van der Waals surface area contributed by atoms with E-state index in [1.54, 1.807) is 12.1 Å². The zero-order valence-corrected chi connectivity index (χ0v) is 11.6. The van der Waals surface area contributed by atoms with Gasteiger partial charge in [0.05, 0.1) is 0 Å². The fourth-order valence-corrected chi connectivity index (χ4v) is 2.11. The highest BCUT2D eigenvalue weighted by molar-refractivity contribution is 9.09. The number of alkyl halides is 4. The Morgan fingerprint density at radius 2 is 2.05 bits per heavy atom. The molecule has 0 amide bonds. The van der Waals surface area contributed by atoms with E-state index in [0.717, 1.165) is 18.4 Å². The summed E-state index contributed by atoms with van der Waals surface area (Å²) in [4.78, 5) is 9.90. The molecule has 19 heavy (non-hydrogen) atoms. The van der Waals surface area contributed by atoms with Gasteiger partial charge in [0, 0.05) is 12.0 Å². The molecule has 0 aromatic heterocycles. The lowest BCUT2D eigenvalue weighted by molar-refractivity contribution is -0.132. The van der Waals surface area contributed by atoms with E-state index in [1.165, 1.54) is 6.07 Å². The molecule has 0 fully saturated rings. The summed E-state index contributed by atoms with van der Waals surface area (Å²) < 4.78 is 42.0. The van der Waals surface area contributed by atoms with Gasteiger partial charge in [-0.2, -0.15) is 13.2 Å². The summed E-state index contributed by atoms with van der Waals surface area (Å²) in [5.41, 5.74) is 1.51. The van der Waals surface area contributed by atoms with Gasteiger partial charge in [-0.25, -0.2) is 0 Å². The standard InChI is InChI=1S/C13H12BrF3O2/c14-12(13(15,16)17)7-19-9-4-5-10-8(6-9)2-1-3-11(10)18/h4-6,12H,1-3,7H2. The molecule has 104 valence electrons. The molecule has 1 aromatic rings. The zero-order chi connectivity index (χ0) is 14.0. The average molecular weight is 337 g/mol. The number of ketones is 1. The van der Waals surface area contributed by atoms with Gasteiger partial charge in [-0.15, -0.1) is 0 Å². The molecule has 2 rings (SSSR count). The van der Waals surface area contributed by atoms with E-state index < -0.39 is 17.6 Å². The molecule has 0 N–H and O–H groups in total. The molecule has 6 heteroatoms. The Balaban J connectivity index is 2.05. The lowest BCUT2D eigenvalue weighted by Crippen LogP contribution is -2.28. The third-order valence-corrected chi connectivity index (χ3v) is 3.76. The first-order valence-electron chi connectivity index (χ1n) is 5.87. The minimum atomic E-state index is -4.33. The molecule has 1 aromatic carbocycles. The topological polar surface area (TPSA) is 26.3 Å². The maximum Gasteiger partial charge on any atom is 0.404 e. The van der Waals surface area contributed by atoms with Crippen molar-refractivity contribution in [2.45, 2.75) is 30.3 Å². The number of carbonyl (C=O) groups is 1. The summed E-state index contributed by atoms with van der Waals surface area (Å²) >= 11 is 2.54. The van der Waals surface area contributed by atoms with E-state index in [-0.39, 0.29) is 5.78 Å². The molecule has 2 nitrogen and oxygen atoms in total. The van der Waals surface area contributed by atoms with Crippen LogP contribution in [0.1, 0.15) is 28.8 Å². The second-order valence-corrected chi connectivity index (χ2v) is 5.52. The van der Waals surface area contributed by atoms with E-state index in [2.05, 4.69) is 15.9 Å². The van der Waals surface area contributed by atoms with Gasteiger partial charge in [0.1, 0.15) is 17.2 Å². The fourth-order valence-electron chi connectivity index (χ4n) is 1.98. The molecule has 0 saturated carbocycles. The molecule has 0 bridgehead atoms. The van der Waals surface area contributed by atoms with Crippen LogP contribution in [-0.2, 0) is 6.42 Å². The van der Waals surface area contributed by atoms with Gasteiger partial charge in [0.25, 0.3) is 0 Å². The highest BCUT2D eigenvalue weighted by Gasteiger charge is 2.38. The largest absolute Gasteiger partial charge is 0.492 e. The van der Waals surface area contributed by atoms with Crippen molar-refractivity contribution in [2.24, 2.45) is 0 Å². The van der Waals surface area contributed by atoms with Crippen LogP contribution in [0, 0.1) is 0 Å². The number of halogens is 4. The summed E-state index contributed by atoms with van der Waals surface area (Å²) in [6.45, 7) is -0.490. The molecular formula is C13H12BrF3O2. The zero-order valence-electron chi connectivity index (χ0n) is 9.97. The second-order valence-electron chi connectivity index (χ2n) is 4.42. The van der Waals surface area contributed by atoms with Crippen LogP contribution in [0.2, 0.25) is 0 Å². The van der Waals surface area contributed by atoms with Crippen molar-refractivity contribution in [1.29, 1.82) is 0 Å². The third kappa shape index (κ3) is 3.49. The number of hydrogen-bond donors (Lipinski definition) is 0. The predicted molar refractivity (Wildman–Crippen MR) is 68.0 cm³/mol. The van der Waals surface area contributed by atoms with Gasteiger partial charge >= 0.3 is 6.18 Å². The third-order valence-electron chi connectivity index (χ3n) is 2.98. The van der Waals surface area contributed by atoms with Crippen molar-refractivity contribution in [1.82, 2.24) is 0 Å². The number of fused-ring (bicyclic) bond motifs is 1. The summed E-state index contributed by atoms with van der Waals surface area (Å²) in [6.07, 6.45) is -2.26. The molecule has 1 aliphatic rings. The van der Waals surface area contributed by atoms with Crippen molar-refractivity contribution >= 4 is 21.7 Å². The summed E-state index contributed by atoms with van der Waals surface area (Å²) in [6, 6.07) is 4.82. The first-order chi connectivity index (χ1) is 8.88. The van der Waals surface area contributed by atoms with E-state index in [1.807, 2.05) is 0 Å². The quantitative estimate of drug-likeness (QED) is 0.782. The van der Waals surface area contributed by atoms with Crippen molar-refractivity contribution < 1.29 is 22.7 Å². The van der Waals surface area contributed by atoms with Crippen LogP contribution in [0.15, 0.2) is 18.2 Å². The molecule has 1 atom stereocenters. The predicted octanol–water partition coefficient (Wildman–Crippen LogP) is 3.91. The number of Topliss-reactive ketones (excluding diaryl/α,β-unsaturated/α-hetero) is 1. The van der Waals surface area contributed by atoms with Crippen LogP contribution in [0.25, 0.3) is 0 Å². The van der Waals surface area contributed by atoms with Crippen LogP contribution in [0.5, 0.6) is 5.75 Å². The molecule has 0 heterocycles. The van der Waals surface area contributed by atoms with Gasteiger partial charge in [-0.05, 0) is 36.6 Å². The van der Waals surface area contributed by atoms with Gasteiger partial charge < -0.3 is 4.74 Å². The Morgan fingerprint density at radius 3 is 2.74 bits per heavy atom. The number of ether oxygens (including phenoxy) is 1. The number of benzene rings is 1. The Morgan fingerprint density at radius 1 is 1.32 bits per heavy atom. The van der Waals surface area contributed by atoms with E-state index >= 15 is 0 Å². The van der Waals surface area contributed by atoms with Gasteiger partial charge in [-0.1, -0.05) is 15.9 Å². The molecule has 0 spiro atoms. The lowest BCUT2D eigenvalue weighted by atomic mass is 9.90. The summed E-state index contributed by atoms with van der Waals surface area (Å²) in [5, 5.41) is 0. The van der Waals surface area contributed by atoms with Crippen LogP contribution in [0.4, 0.5) is 13.2 Å². The normalized spacial score (nSPS) is 16.9. The van der Waals surface area contributed by atoms with Crippen LogP contribution in [0.3, 0.4) is 0 Å². The van der Waals surface area contributed by atoms with Crippen molar-refractivity contribution in [3.63, 3.8) is 0 Å². The van der Waals surface area contributed by atoms with Crippen molar-refractivity contribution in [3.05, 3.63) is 29.3 Å².